The lowest BCUT2D eigenvalue weighted by Gasteiger charge is -2.36. The quantitative estimate of drug-likeness (QED) is 0.891. The lowest BCUT2D eigenvalue weighted by molar-refractivity contribution is 0.438. The summed E-state index contributed by atoms with van der Waals surface area (Å²) in [5, 5.41) is 7.82. The summed E-state index contributed by atoms with van der Waals surface area (Å²) in [6, 6.07) is 9.11. The van der Waals surface area contributed by atoms with Gasteiger partial charge in [-0.3, -0.25) is 4.68 Å². The topological polar surface area (TPSA) is 29.9 Å². The molecule has 0 saturated heterocycles. The van der Waals surface area contributed by atoms with Crippen molar-refractivity contribution in [1.82, 2.24) is 15.1 Å². The molecule has 0 aliphatic heterocycles. The number of hydrogen-bond donors (Lipinski definition) is 1. The Bertz CT molecular complexity index is 544. The molecule has 0 spiro atoms. The van der Waals surface area contributed by atoms with E-state index < -0.39 is 0 Å². The van der Waals surface area contributed by atoms with Gasteiger partial charge in [0.1, 0.15) is 0 Å². The van der Waals surface area contributed by atoms with Gasteiger partial charge in [0.15, 0.2) is 0 Å². The van der Waals surface area contributed by atoms with Gasteiger partial charge < -0.3 is 5.32 Å². The second kappa shape index (κ2) is 4.58. The molecule has 1 aliphatic carbocycles. The molecular formula is C15H19N3. The van der Waals surface area contributed by atoms with E-state index in [0.717, 1.165) is 6.54 Å². The Morgan fingerprint density at radius 1 is 1.44 bits per heavy atom. The van der Waals surface area contributed by atoms with Gasteiger partial charge in [0, 0.05) is 30.3 Å². The van der Waals surface area contributed by atoms with Gasteiger partial charge in [-0.15, -0.1) is 0 Å². The van der Waals surface area contributed by atoms with Crippen LogP contribution in [0, 0.1) is 0 Å². The number of nitrogens with zero attached hydrogens (tertiary/aromatic N) is 2. The van der Waals surface area contributed by atoms with Gasteiger partial charge in [-0.1, -0.05) is 24.3 Å². The molecule has 0 saturated carbocycles. The second-order valence-electron chi connectivity index (χ2n) is 4.91. The summed E-state index contributed by atoms with van der Waals surface area (Å²) in [6.45, 7) is 3.04. The summed E-state index contributed by atoms with van der Waals surface area (Å²) >= 11 is 0. The molecule has 2 aromatic rings. The molecule has 3 rings (SSSR count). The van der Waals surface area contributed by atoms with E-state index in [1.165, 1.54) is 23.1 Å². The predicted molar refractivity (Wildman–Crippen MR) is 72.6 cm³/mol. The van der Waals surface area contributed by atoms with Crippen molar-refractivity contribution in [2.75, 3.05) is 7.05 Å². The Balaban J connectivity index is 1.87. The number of aromatic nitrogens is 2. The van der Waals surface area contributed by atoms with E-state index in [1.54, 1.807) is 0 Å². The molecule has 3 nitrogen and oxygen atoms in total. The lowest BCUT2D eigenvalue weighted by atomic mass is 9.72. The Morgan fingerprint density at radius 3 is 2.94 bits per heavy atom. The molecule has 1 heterocycles. The van der Waals surface area contributed by atoms with Crippen LogP contribution in [0.1, 0.15) is 35.6 Å². The molecule has 1 aromatic carbocycles. The van der Waals surface area contributed by atoms with E-state index in [2.05, 4.69) is 47.8 Å². The Morgan fingerprint density at radius 2 is 2.28 bits per heavy atom. The van der Waals surface area contributed by atoms with Crippen molar-refractivity contribution in [3.8, 4) is 0 Å². The standard InChI is InChI=1S/C15H19N3/c1-3-18-10-12(9-17-18)15(16-2)14-8-11-6-4-5-7-13(11)14/h4-7,9-10,14-16H,3,8H2,1-2H3. The predicted octanol–water partition coefficient (Wildman–Crippen LogP) is 2.50. The minimum atomic E-state index is 0.375. The average molecular weight is 241 g/mol. The zero-order valence-electron chi connectivity index (χ0n) is 10.9. The number of fused-ring (bicyclic) bond motifs is 1. The molecular weight excluding hydrogens is 222 g/mol. The van der Waals surface area contributed by atoms with Crippen LogP contribution in [0.2, 0.25) is 0 Å². The van der Waals surface area contributed by atoms with Crippen molar-refractivity contribution in [1.29, 1.82) is 0 Å². The van der Waals surface area contributed by atoms with E-state index in [1.807, 2.05) is 17.9 Å². The SMILES string of the molecule is CCn1cc(C(NC)C2Cc3ccccc32)cn1. The molecule has 1 N–H and O–H groups in total. The number of rotatable bonds is 4. The van der Waals surface area contributed by atoms with Crippen LogP contribution in [0.15, 0.2) is 36.7 Å². The molecule has 1 aliphatic rings. The number of nitrogens with one attached hydrogen (secondary N) is 1. The van der Waals surface area contributed by atoms with Crippen LogP contribution in [0.4, 0.5) is 0 Å². The maximum Gasteiger partial charge on any atom is 0.0537 e. The maximum absolute atomic E-state index is 4.38. The Kier molecular flexibility index (Phi) is 2.92. The van der Waals surface area contributed by atoms with Crippen molar-refractivity contribution >= 4 is 0 Å². The second-order valence-corrected chi connectivity index (χ2v) is 4.91. The third-order valence-corrected chi connectivity index (χ3v) is 3.94. The van der Waals surface area contributed by atoms with Crippen molar-refractivity contribution in [3.63, 3.8) is 0 Å². The third kappa shape index (κ3) is 1.75. The van der Waals surface area contributed by atoms with Crippen molar-refractivity contribution in [2.45, 2.75) is 31.8 Å². The van der Waals surface area contributed by atoms with Crippen LogP contribution in [0.25, 0.3) is 0 Å². The van der Waals surface area contributed by atoms with Gasteiger partial charge in [0.2, 0.25) is 0 Å². The highest BCUT2D eigenvalue weighted by atomic mass is 15.3. The monoisotopic (exact) mass is 241 g/mol. The highest BCUT2D eigenvalue weighted by Crippen LogP contribution is 2.43. The molecule has 0 bridgehead atoms. The first kappa shape index (κ1) is 11.5. The first-order chi connectivity index (χ1) is 8.83. The Hall–Kier alpha value is -1.61. The summed E-state index contributed by atoms with van der Waals surface area (Å²) in [4.78, 5) is 0. The van der Waals surface area contributed by atoms with Crippen LogP contribution < -0.4 is 5.32 Å². The highest BCUT2D eigenvalue weighted by Gasteiger charge is 2.33. The van der Waals surface area contributed by atoms with Gasteiger partial charge in [0.05, 0.1) is 6.20 Å². The molecule has 3 heteroatoms. The largest absolute Gasteiger partial charge is 0.312 e. The summed E-state index contributed by atoms with van der Waals surface area (Å²) in [5.74, 6) is 0.584. The fraction of sp³-hybridized carbons (Fsp3) is 0.400. The molecule has 18 heavy (non-hydrogen) atoms. The zero-order chi connectivity index (χ0) is 12.5. The average Bonchev–Trinajstić information content (AvgIpc) is 2.84. The van der Waals surface area contributed by atoms with Crippen molar-refractivity contribution in [3.05, 3.63) is 53.3 Å². The number of likely N-dealkylation sites (N-methyl/N-ethyl adjacent to an activating group) is 1. The molecule has 94 valence electrons. The first-order valence-electron chi connectivity index (χ1n) is 6.61. The molecule has 1 aromatic heterocycles. The molecule has 0 radical (unpaired) electrons. The van der Waals surface area contributed by atoms with E-state index in [4.69, 9.17) is 0 Å². The molecule has 0 amide bonds. The summed E-state index contributed by atoms with van der Waals surface area (Å²) in [7, 11) is 2.04. The molecule has 2 unspecified atom stereocenters. The number of hydrogen-bond acceptors (Lipinski definition) is 2. The smallest absolute Gasteiger partial charge is 0.0537 e. The zero-order valence-corrected chi connectivity index (χ0v) is 10.9. The fourth-order valence-corrected chi connectivity index (χ4v) is 2.91. The van der Waals surface area contributed by atoms with Crippen LogP contribution in [-0.4, -0.2) is 16.8 Å². The van der Waals surface area contributed by atoms with Crippen LogP contribution >= 0.6 is 0 Å². The number of benzene rings is 1. The van der Waals surface area contributed by atoms with Crippen molar-refractivity contribution < 1.29 is 0 Å². The van der Waals surface area contributed by atoms with Crippen LogP contribution in [0.3, 0.4) is 0 Å². The number of aryl methyl sites for hydroxylation is 1. The fourth-order valence-electron chi connectivity index (χ4n) is 2.91. The van der Waals surface area contributed by atoms with E-state index in [-0.39, 0.29) is 0 Å². The third-order valence-electron chi connectivity index (χ3n) is 3.94. The minimum Gasteiger partial charge on any atom is -0.312 e. The summed E-state index contributed by atoms with van der Waals surface area (Å²) < 4.78 is 1.99. The Labute approximate surface area is 108 Å². The van der Waals surface area contributed by atoms with Gasteiger partial charge in [-0.25, -0.2) is 0 Å². The first-order valence-corrected chi connectivity index (χ1v) is 6.61. The normalized spacial score (nSPS) is 19.1. The van der Waals surface area contributed by atoms with Crippen LogP contribution in [-0.2, 0) is 13.0 Å². The minimum absolute atomic E-state index is 0.375. The van der Waals surface area contributed by atoms with E-state index >= 15 is 0 Å². The highest BCUT2D eigenvalue weighted by molar-refractivity contribution is 5.42. The lowest BCUT2D eigenvalue weighted by Crippen LogP contribution is -2.31. The maximum atomic E-state index is 4.38. The van der Waals surface area contributed by atoms with Gasteiger partial charge >= 0.3 is 0 Å². The van der Waals surface area contributed by atoms with Crippen molar-refractivity contribution in [2.24, 2.45) is 0 Å². The van der Waals surface area contributed by atoms with Gasteiger partial charge in [-0.05, 0) is 31.5 Å². The summed E-state index contributed by atoms with van der Waals surface area (Å²) in [6.07, 6.45) is 5.31. The van der Waals surface area contributed by atoms with Gasteiger partial charge in [-0.2, -0.15) is 5.10 Å². The van der Waals surface area contributed by atoms with E-state index in [9.17, 15) is 0 Å². The molecule has 2 atom stereocenters. The summed E-state index contributed by atoms with van der Waals surface area (Å²) in [5.41, 5.74) is 4.27. The molecule has 0 fully saturated rings. The van der Waals surface area contributed by atoms with E-state index in [0.29, 0.717) is 12.0 Å². The van der Waals surface area contributed by atoms with Gasteiger partial charge in [0.25, 0.3) is 0 Å². The van der Waals surface area contributed by atoms with Crippen LogP contribution in [0.5, 0.6) is 0 Å².